The summed E-state index contributed by atoms with van der Waals surface area (Å²) in [6.07, 6.45) is -0.605. The van der Waals surface area contributed by atoms with E-state index < -0.39 is 17.9 Å². The van der Waals surface area contributed by atoms with Crippen LogP contribution in [-0.2, 0) is 9.47 Å². The SMILES string of the molecule is CCOC(=O)Nc1cccc(C(=O)OCCOc2ccccc2F)c1. The minimum absolute atomic E-state index is 0.0213. The molecule has 132 valence electrons. The molecule has 7 heteroatoms. The maximum absolute atomic E-state index is 13.4. The molecule has 0 aromatic heterocycles. The number of halogens is 1. The average molecular weight is 347 g/mol. The number of nitrogens with one attached hydrogen (secondary N) is 1. The number of para-hydroxylation sites is 1. The fourth-order valence-electron chi connectivity index (χ4n) is 1.94. The third-order valence-corrected chi connectivity index (χ3v) is 3.03. The highest BCUT2D eigenvalue weighted by molar-refractivity contribution is 5.92. The first kappa shape index (κ1) is 18.3. The lowest BCUT2D eigenvalue weighted by molar-refractivity contribution is 0.0448. The van der Waals surface area contributed by atoms with E-state index in [1.54, 1.807) is 37.3 Å². The van der Waals surface area contributed by atoms with Crippen LogP contribution in [0.4, 0.5) is 14.9 Å². The minimum Gasteiger partial charge on any atom is -0.487 e. The van der Waals surface area contributed by atoms with Crippen LogP contribution in [0.25, 0.3) is 0 Å². The van der Waals surface area contributed by atoms with E-state index in [1.807, 2.05) is 0 Å². The molecule has 0 unspecified atom stereocenters. The van der Waals surface area contributed by atoms with Crippen LogP contribution in [-0.4, -0.2) is 31.9 Å². The van der Waals surface area contributed by atoms with Gasteiger partial charge in [-0.3, -0.25) is 5.32 Å². The molecule has 6 nitrogen and oxygen atoms in total. The van der Waals surface area contributed by atoms with Gasteiger partial charge in [0.1, 0.15) is 13.2 Å². The molecule has 0 fully saturated rings. The topological polar surface area (TPSA) is 73.9 Å². The minimum atomic E-state index is -0.605. The van der Waals surface area contributed by atoms with Crippen molar-refractivity contribution in [1.29, 1.82) is 0 Å². The van der Waals surface area contributed by atoms with Crippen molar-refractivity contribution in [3.8, 4) is 5.75 Å². The lowest BCUT2D eigenvalue weighted by atomic mass is 10.2. The van der Waals surface area contributed by atoms with Crippen LogP contribution in [0, 0.1) is 5.82 Å². The van der Waals surface area contributed by atoms with Gasteiger partial charge in [-0.25, -0.2) is 14.0 Å². The molecule has 0 aliphatic carbocycles. The van der Waals surface area contributed by atoms with Crippen molar-refractivity contribution in [2.75, 3.05) is 25.1 Å². The quantitative estimate of drug-likeness (QED) is 0.611. The van der Waals surface area contributed by atoms with Crippen molar-refractivity contribution in [2.45, 2.75) is 6.92 Å². The number of amides is 1. The Labute approximate surface area is 144 Å². The molecule has 0 aliphatic heterocycles. The number of hydrogen-bond donors (Lipinski definition) is 1. The molecule has 2 aromatic carbocycles. The van der Waals surface area contributed by atoms with Gasteiger partial charge in [-0.05, 0) is 37.3 Å². The van der Waals surface area contributed by atoms with Crippen molar-refractivity contribution in [1.82, 2.24) is 0 Å². The molecule has 2 rings (SSSR count). The van der Waals surface area contributed by atoms with Gasteiger partial charge in [-0.2, -0.15) is 0 Å². The predicted octanol–water partition coefficient (Wildman–Crippen LogP) is 3.63. The van der Waals surface area contributed by atoms with Gasteiger partial charge in [0.15, 0.2) is 11.6 Å². The molecule has 1 N–H and O–H groups in total. The van der Waals surface area contributed by atoms with Crippen LogP contribution in [0.5, 0.6) is 5.75 Å². The van der Waals surface area contributed by atoms with Crippen LogP contribution in [0.1, 0.15) is 17.3 Å². The Balaban J connectivity index is 1.82. The molecule has 0 saturated heterocycles. The van der Waals surface area contributed by atoms with E-state index in [-0.39, 0.29) is 31.1 Å². The number of hydrogen-bond acceptors (Lipinski definition) is 5. The van der Waals surface area contributed by atoms with E-state index in [4.69, 9.17) is 14.2 Å². The van der Waals surface area contributed by atoms with Crippen LogP contribution in [0.2, 0.25) is 0 Å². The van der Waals surface area contributed by atoms with Gasteiger partial charge in [-0.15, -0.1) is 0 Å². The van der Waals surface area contributed by atoms with Gasteiger partial charge < -0.3 is 14.2 Å². The van der Waals surface area contributed by atoms with Crippen molar-refractivity contribution in [3.63, 3.8) is 0 Å². The largest absolute Gasteiger partial charge is 0.487 e. The van der Waals surface area contributed by atoms with Gasteiger partial charge in [0.05, 0.1) is 12.2 Å². The summed E-state index contributed by atoms with van der Waals surface area (Å²) in [5.41, 5.74) is 0.677. The Morgan fingerprint density at radius 3 is 2.60 bits per heavy atom. The molecule has 0 spiro atoms. The number of benzene rings is 2. The summed E-state index contributed by atoms with van der Waals surface area (Å²) in [6, 6.07) is 12.2. The number of esters is 1. The number of carbonyl (C=O) groups excluding carboxylic acids is 2. The fraction of sp³-hybridized carbons (Fsp3) is 0.222. The molecule has 2 aromatic rings. The highest BCUT2D eigenvalue weighted by atomic mass is 19.1. The van der Waals surface area contributed by atoms with E-state index >= 15 is 0 Å². The summed E-state index contributed by atoms with van der Waals surface area (Å²) in [7, 11) is 0. The van der Waals surface area contributed by atoms with Crippen LogP contribution < -0.4 is 10.1 Å². The lowest BCUT2D eigenvalue weighted by Crippen LogP contribution is -2.15. The van der Waals surface area contributed by atoms with E-state index in [0.29, 0.717) is 5.69 Å². The first-order valence-electron chi connectivity index (χ1n) is 7.68. The molecular formula is C18H18FNO5. The first-order chi connectivity index (χ1) is 12.1. The van der Waals surface area contributed by atoms with E-state index in [9.17, 15) is 14.0 Å². The third kappa shape index (κ3) is 5.80. The maximum atomic E-state index is 13.4. The normalized spacial score (nSPS) is 10.0. The molecule has 0 radical (unpaired) electrons. The zero-order valence-electron chi connectivity index (χ0n) is 13.7. The molecule has 0 aliphatic rings. The zero-order chi connectivity index (χ0) is 18.1. The van der Waals surface area contributed by atoms with E-state index in [1.165, 1.54) is 18.2 Å². The molecule has 1 amide bonds. The molecule has 25 heavy (non-hydrogen) atoms. The van der Waals surface area contributed by atoms with E-state index in [0.717, 1.165) is 0 Å². The van der Waals surface area contributed by atoms with Crippen LogP contribution in [0.3, 0.4) is 0 Å². The van der Waals surface area contributed by atoms with Crippen molar-refractivity contribution >= 4 is 17.7 Å². The number of carbonyl (C=O) groups is 2. The van der Waals surface area contributed by atoms with Crippen molar-refractivity contribution in [2.24, 2.45) is 0 Å². The average Bonchev–Trinajstić information content (AvgIpc) is 2.60. The van der Waals surface area contributed by atoms with Gasteiger partial charge in [0.25, 0.3) is 0 Å². The van der Waals surface area contributed by atoms with E-state index in [2.05, 4.69) is 5.32 Å². The van der Waals surface area contributed by atoms with Gasteiger partial charge in [0.2, 0.25) is 0 Å². The van der Waals surface area contributed by atoms with Gasteiger partial charge in [0, 0.05) is 5.69 Å². The summed E-state index contributed by atoms with van der Waals surface area (Å²) in [6.45, 7) is 1.92. The summed E-state index contributed by atoms with van der Waals surface area (Å²) in [5.74, 6) is -0.963. The molecular weight excluding hydrogens is 329 g/mol. The summed E-state index contributed by atoms with van der Waals surface area (Å²) in [4.78, 5) is 23.4. The zero-order valence-corrected chi connectivity index (χ0v) is 13.7. The lowest BCUT2D eigenvalue weighted by Gasteiger charge is -2.09. The second-order valence-corrected chi connectivity index (χ2v) is 4.84. The Kier molecular flexibility index (Phi) is 6.76. The Morgan fingerprint density at radius 1 is 1.04 bits per heavy atom. The Bertz CT molecular complexity index is 735. The highest BCUT2D eigenvalue weighted by Gasteiger charge is 2.10. The maximum Gasteiger partial charge on any atom is 0.411 e. The van der Waals surface area contributed by atoms with Crippen molar-refractivity contribution < 1.29 is 28.2 Å². The fourth-order valence-corrected chi connectivity index (χ4v) is 1.94. The number of rotatable bonds is 7. The monoisotopic (exact) mass is 347 g/mol. The Morgan fingerprint density at radius 2 is 1.84 bits per heavy atom. The number of ether oxygens (including phenoxy) is 3. The number of anilines is 1. The summed E-state index contributed by atoms with van der Waals surface area (Å²) in [5, 5.41) is 2.50. The summed E-state index contributed by atoms with van der Waals surface area (Å²) >= 11 is 0. The predicted molar refractivity (Wildman–Crippen MR) is 89.3 cm³/mol. The molecule has 0 heterocycles. The van der Waals surface area contributed by atoms with Crippen LogP contribution in [0.15, 0.2) is 48.5 Å². The van der Waals surface area contributed by atoms with Gasteiger partial charge >= 0.3 is 12.1 Å². The molecule has 0 atom stereocenters. The third-order valence-electron chi connectivity index (χ3n) is 3.03. The van der Waals surface area contributed by atoms with Crippen LogP contribution >= 0.6 is 0 Å². The van der Waals surface area contributed by atoms with Crippen molar-refractivity contribution in [3.05, 3.63) is 59.9 Å². The van der Waals surface area contributed by atoms with Gasteiger partial charge in [-0.1, -0.05) is 18.2 Å². The second kappa shape index (κ2) is 9.27. The first-order valence-corrected chi connectivity index (χ1v) is 7.68. The standard InChI is InChI=1S/C18H18FNO5/c1-2-23-18(22)20-14-7-5-6-13(12-14)17(21)25-11-10-24-16-9-4-3-8-15(16)19/h3-9,12H,2,10-11H2,1H3,(H,20,22). The highest BCUT2D eigenvalue weighted by Crippen LogP contribution is 2.15. The molecule has 0 saturated carbocycles. The smallest absolute Gasteiger partial charge is 0.411 e. The second-order valence-electron chi connectivity index (χ2n) is 4.84. The summed E-state index contributed by atoms with van der Waals surface area (Å²) < 4.78 is 28.4. The Hall–Kier alpha value is -3.09. The molecule has 0 bridgehead atoms.